The molecule has 16 heteroatoms. The molecule has 0 amide bonds. The Hall–Kier alpha value is -2.88. The molecule has 0 saturated carbocycles. The van der Waals surface area contributed by atoms with Crippen LogP contribution in [0.3, 0.4) is 0 Å². The molecular formula is C31H44F9NO6. The van der Waals surface area contributed by atoms with Crippen molar-refractivity contribution in [3.05, 3.63) is 42.7 Å². The van der Waals surface area contributed by atoms with Crippen molar-refractivity contribution in [3.8, 4) is 0 Å². The number of ether oxygens (including phenoxy) is 1. The minimum Gasteiger partial charge on any atom is -0.544 e. The van der Waals surface area contributed by atoms with E-state index in [1.807, 2.05) is 35.2 Å². The van der Waals surface area contributed by atoms with Crippen molar-refractivity contribution in [2.45, 2.75) is 133 Å². The van der Waals surface area contributed by atoms with Gasteiger partial charge in [-0.15, -0.1) is 0 Å². The first kappa shape index (κ1) is 44.1. The number of hydrogen-bond acceptors (Lipinski definition) is 6. The molecule has 47 heavy (non-hydrogen) atoms. The molecule has 0 spiro atoms. The number of carboxylic acid groups (broad SMARTS) is 1. The second-order valence-corrected chi connectivity index (χ2v) is 10.9. The first-order valence-corrected chi connectivity index (χ1v) is 15.3. The van der Waals surface area contributed by atoms with E-state index in [1.165, 1.54) is 19.3 Å². The van der Waals surface area contributed by atoms with E-state index < -0.39 is 36.0 Å². The van der Waals surface area contributed by atoms with Crippen LogP contribution in [0.1, 0.15) is 90.4 Å². The lowest BCUT2D eigenvalue weighted by atomic mass is 10.0. The van der Waals surface area contributed by atoms with E-state index in [9.17, 15) is 64.4 Å². The highest BCUT2D eigenvalue weighted by Gasteiger charge is 2.82. The van der Waals surface area contributed by atoms with Gasteiger partial charge in [0, 0.05) is 18.6 Å². The lowest BCUT2D eigenvalue weighted by Gasteiger charge is -2.33. The molecule has 272 valence electrons. The summed E-state index contributed by atoms with van der Waals surface area (Å²) in [6, 6.07) is 5.72. The average molecular weight is 698 g/mol. The molecule has 1 heterocycles. The van der Waals surface area contributed by atoms with Gasteiger partial charge in [-0.1, -0.05) is 70.1 Å². The van der Waals surface area contributed by atoms with E-state index >= 15 is 0 Å². The second-order valence-electron chi connectivity index (χ2n) is 10.9. The molecule has 0 aliphatic carbocycles. The number of aliphatic carboxylic acids is 1. The molecule has 0 radical (unpaired) electrons. The van der Waals surface area contributed by atoms with Gasteiger partial charge in [-0.05, 0) is 32.1 Å². The number of carbonyl (C=O) groups excluding carboxylic acids is 2. The Morgan fingerprint density at radius 3 is 1.94 bits per heavy atom. The Morgan fingerprint density at radius 2 is 1.36 bits per heavy atom. The van der Waals surface area contributed by atoms with Crippen molar-refractivity contribution in [2.24, 2.45) is 0 Å². The van der Waals surface area contributed by atoms with Crippen molar-refractivity contribution >= 4 is 11.9 Å². The lowest BCUT2D eigenvalue weighted by molar-refractivity contribution is -0.703. The SMILES string of the molecule is CCCCCCC(O)C/C=C\CCCCCCCC(=O)OCC(O)C[n+]1ccccc1.O=C([O-])C(F)(F)C(F)(F)C(F)(F)C(F)(F)F. The van der Waals surface area contributed by atoms with Gasteiger partial charge >= 0.3 is 29.9 Å². The maximum Gasteiger partial charge on any atom is 0.460 e. The molecule has 0 fully saturated rings. The molecule has 7 nitrogen and oxygen atoms in total. The highest BCUT2D eigenvalue weighted by Crippen LogP contribution is 2.52. The number of aliphatic hydroxyl groups is 2. The summed E-state index contributed by atoms with van der Waals surface area (Å²) in [6.07, 6.45) is 13.4. The fourth-order valence-electron chi connectivity index (χ4n) is 3.97. The number of nitrogens with zero attached hydrogens (tertiary/aromatic N) is 1. The minimum atomic E-state index is -7.20. The Labute approximate surface area is 268 Å². The van der Waals surface area contributed by atoms with Gasteiger partial charge < -0.3 is 24.9 Å². The summed E-state index contributed by atoms with van der Waals surface area (Å²) in [5.41, 5.74) is 0. The van der Waals surface area contributed by atoms with E-state index in [2.05, 4.69) is 19.1 Å². The second kappa shape index (κ2) is 21.9. The third-order valence-electron chi connectivity index (χ3n) is 6.75. The van der Waals surface area contributed by atoms with Crippen LogP contribution < -0.4 is 9.67 Å². The number of allylic oxidation sites excluding steroid dienone is 1. The topological polar surface area (TPSA) is 111 Å². The first-order chi connectivity index (χ1) is 21.8. The zero-order valence-electron chi connectivity index (χ0n) is 26.2. The van der Waals surface area contributed by atoms with Crippen LogP contribution >= 0.6 is 0 Å². The Bertz CT molecular complexity index is 1040. The largest absolute Gasteiger partial charge is 0.544 e. The number of carboxylic acids is 1. The maximum absolute atomic E-state index is 12.1. The molecule has 0 saturated heterocycles. The normalized spacial score (nSPS) is 14.0. The molecule has 2 atom stereocenters. The van der Waals surface area contributed by atoms with E-state index in [0.717, 1.165) is 57.8 Å². The monoisotopic (exact) mass is 697 g/mol. The fourth-order valence-corrected chi connectivity index (χ4v) is 3.97. The van der Waals surface area contributed by atoms with E-state index in [1.54, 1.807) is 0 Å². The van der Waals surface area contributed by atoms with E-state index in [0.29, 0.717) is 13.0 Å². The molecule has 0 aliphatic rings. The highest BCUT2D eigenvalue weighted by atomic mass is 19.4. The van der Waals surface area contributed by atoms with Crippen molar-refractivity contribution in [1.29, 1.82) is 0 Å². The molecule has 2 N–H and O–H groups in total. The summed E-state index contributed by atoms with van der Waals surface area (Å²) >= 11 is 0. The number of unbranched alkanes of at least 4 members (excludes halogenated alkanes) is 8. The quantitative estimate of drug-likeness (QED) is 0.0499. The number of carbonyl (C=O) groups is 2. The predicted octanol–water partition coefficient (Wildman–Crippen LogP) is 6.09. The molecular weight excluding hydrogens is 653 g/mol. The van der Waals surface area contributed by atoms with Crippen LogP contribution in [0.25, 0.3) is 0 Å². The number of alkyl halides is 9. The van der Waals surface area contributed by atoms with Crippen molar-refractivity contribution < 1.29 is 73.7 Å². The molecule has 0 bridgehead atoms. The standard InChI is InChI=1S/C26H44NO4.C5HF9O2/c1-2-3-4-12-17-24(28)18-13-9-7-5-6-8-10-14-19-26(30)31-23-25(29)22-27-20-15-11-16-21-27;6-2(7,1(15)16)3(8,9)4(10,11)5(12,13)14/h9,11,13,15-16,20-21,24-25,28-29H,2-8,10,12,14,17-19,22-23H2,1H3;(H,15,16)/q+1;/p-1/b13-9-;. The van der Waals surface area contributed by atoms with Crippen LogP contribution in [0.15, 0.2) is 42.7 Å². The van der Waals surface area contributed by atoms with Crippen LogP contribution in [0.4, 0.5) is 39.5 Å². The molecule has 0 aromatic carbocycles. The van der Waals surface area contributed by atoms with Crippen LogP contribution in [0.2, 0.25) is 0 Å². The van der Waals surface area contributed by atoms with Gasteiger partial charge in [0.2, 0.25) is 0 Å². The number of hydrogen-bond donors (Lipinski definition) is 2. The van der Waals surface area contributed by atoms with E-state index in [-0.39, 0.29) is 18.7 Å². The van der Waals surface area contributed by atoms with Gasteiger partial charge in [-0.25, -0.2) is 4.57 Å². The summed E-state index contributed by atoms with van der Waals surface area (Å²) < 4.78 is 113. The third kappa shape index (κ3) is 16.7. The van der Waals surface area contributed by atoms with Crippen LogP contribution in [0, 0.1) is 0 Å². The Kier molecular flexibility index (Phi) is 20.5. The molecule has 1 aromatic heterocycles. The van der Waals surface area contributed by atoms with Crippen LogP contribution in [-0.2, 0) is 20.9 Å². The fraction of sp³-hybridized carbons (Fsp3) is 0.710. The van der Waals surface area contributed by atoms with Gasteiger partial charge in [0.1, 0.15) is 18.7 Å². The van der Waals surface area contributed by atoms with E-state index in [4.69, 9.17) is 4.74 Å². The van der Waals surface area contributed by atoms with Crippen molar-refractivity contribution in [1.82, 2.24) is 0 Å². The van der Waals surface area contributed by atoms with Crippen LogP contribution in [-0.4, -0.2) is 64.9 Å². The molecule has 2 unspecified atom stereocenters. The minimum absolute atomic E-state index is 0.0422. The highest BCUT2D eigenvalue weighted by molar-refractivity contribution is 5.75. The number of aliphatic hydroxyl groups excluding tert-OH is 2. The average Bonchev–Trinajstić information content (AvgIpc) is 2.99. The van der Waals surface area contributed by atoms with Crippen molar-refractivity contribution in [2.75, 3.05) is 6.61 Å². The summed E-state index contributed by atoms with van der Waals surface area (Å²) in [5, 5.41) is 29.3. The summed E-state index contributed by atoms with van der Waals surface area (Å²) in [6.45, 7) is 2.66. The zero-order valence-corrected chi connectivity index (χ0v) is 26.2. The zero-order chi connectivity index (χ0) is 36.2. The number of rotatable bonds is 22. The number of aromatic nitrogens is 1. The predicted molar refractivity (Wildman–Crippen MR) is 150 cm³/mol. The smallest absolute Gasteiger partial charge is 0.460 e. The lowest BCUT2D eigenvalue weighted by Crippen LogP contribution is -2.65. The number of pyridine rings is 1. The third-order valence-corrected chi connectivity index (χ3v) is 6.75. The van der Waals surface area contributed by atoms with Gasteiger partial charge in [0.15, 0.2) is 18.9 Å². The summed E-state index contributed by atoms with van der Waals surface area (Å²) in [7, 11) is 0. The molecule has 1 rings (SSSR count). The summed E-state index contributed by atoms with van der Waals surface area (Å²) in [4.78, 5) is 21.2. The first-order valence-electron chi connectivity index (χ1n) is 15.3. The van der Waals surface area contributed by atoms with Crippen LogP contribution in [0.5, 0.6) is 0 Å². The maximum atomic E-state index is 12.1. The van der Waals surface area contributed by atoms with Crippen molar-refractivity contribution in [3.63, 3.8) is 0 Å². The van der Waals surface area contributed by atoms with Gasteiger partial charge in [-0.3, -0.25) is 4.79 Å². The number of esters is 1. The molecule has 1 aromatic rings. The summed E-state index contributed by atoms with van der Waals surface area (Å²) in [5.74, 6) is -25.3. The molecule has 0 aliphatic heterocycles. The van der Waals surface area contributed by atoms with Gasteiger partial charge in [0.25, 0.3) is 0 Å². The van der Waals surface area contributed by atoms with Gasteiger partial charge in [0.05, 0.1) is 6.10 Å². The number of halogens is 9. The Balaban J connectivity index is 0.00000111. The van der Waals surface area contributed by atoms with Gasteiger partial charge in [-0.2, -0.15) is 39.5 Å². The Morgan fingerprint density at radius 1 is 0.787 bits per heavy atom.